The van der Waals surface area contributed by atoms with Crippen LogP contribution in [0, 0.1) is 18.6 Å². The Labute approximate surface area is 125 Å². The number of aromatic nitrogens is 2. The van der Waals surface area contributed by atoms with E-state index in [2.05, 4.69) is 15.5 Å². The van der Waals surface area contributed by atoms with Crippen LogP contribution in [-0.2, 0) is 6.42 Å². The van der Waals surface area contributed by atoms with Gasteiger partial charge in [-0.25, -0.2) is 8.78 Å². The van der Waals surface area contributed by atoms with E-state index in [1.807, 2.05) is 6.92 Å². The highest BCUT2D eigenvalue weighted by Gasteiger charge is 2.14. The van der Waals surface area contributed by atoms with Crippen molar-refractivity contribution >= 4 is 17.5 Å². The van der Waals surface area contributed by atoms with E-state index in [9.17, 15) is 13.6 Å². The number of amides is 1. The van der Waals surface area contributed by atoms with Crippen molar-refractivity contribution in [1.82, 2.24) is 15.5 Å². The first-order valence-corrected chi connectivity index (χ1v) is 6.78. The monoisotopic (exact) mass is 313 g/mol. The van der Waals surface area contributed by atoms with Crippen LogP contribution >= 0.6 is 11.6 Å². The van der Waals surface area contributed by atoms with E-state index >= 15 is 0 Å². The van der Waals surface area contributed by atoms with Gasteiger partial charge in [-0.15, -0.1) is 0 Å². The SMILES string of the molecule is Cc1[nH]ncc1CCCNC(=O)c1cc(F)c(F)cc1Cl. The molecule has 0 aliphatic heterocycles. The highest BCUT2D eigenvalue weighted by molar-refractivity contribution is 6.33. The van der Waals surface area contributed by atoms with Crippen molar-refractivity contribution < 1.29 is 13.6 Å². The van der Waals surface area contributed by atoms with Gasteiger partial charge in [-0.05, 0) is 37.5 Å². The molecule has 0 unspecified atom stereocenters. The third-order valence-corrected chi connectivity index (χ3v) is 3.41. The third-order valence-electron chi connectivity index (χ3n) is 3.10. The van der Waals surface area contributed by atoms with Crippen LogP contribution in [0.4, 0.5) is 8.78 Å². The molecule has 2 rings (SSSR count). The predicted molar refractivity (Wildman–Crippen MR) is 75.3 cm³/mol. The van der Waals surface area contributed by atoms with Crippen molar-refractivity contribution in [2.75, 3.05) is 6.54 Å². The number of halogens is 3. The maximum Gasteiger partial charge on any atom is 0.252 e. The van der Waals surface area contributed by atoms with Gasteiger partial charge >= 0.3 is 0 Å². The second kappa shape index (κ2) is 6.67. The second-order valence-corrected chi connectivity index (χ2v) is 5.03. The van der Waals surface area contributed by atoms with Gasteiger partial charge in [0.2, 0.25) is 0 Å². The lowest BCUT2D eigenvalue weighted by Crippen LogP contribution is -2.25. The molecule has 0 saturated heterocycles. The molecular formula is C14H14ClF2N3O. The molecule has 1 aromatic carbocycles. The van der Waals surface area contributed by atoms with Crippen molar-refractivity contribution in [3.8, 4) is 0 Å². The minimum absolute atomic E-state index is 0.0740. The maximum absolute atomic E-state index is 13.1. The summed E-state index contributed by atoms with van der Waals surface area (Å²) in [5.74, 6) is -2.70. The Hall–Kier alpha value is -1.95. The number of aryl methyl sites for hydroxylation is 2. The summed E-state index contributed by atoms with van der Waals surface area (Å²) in [7, 11) is 0. The number of hydrogen-bond donors (Lipinski definition) is 2. The molecular weight excluding hydrogens is 300 g/mol. The zero-order chi connectivity index (χ0) is 15.4. The zero-order valence-electron chi connectivity index (χ0n) is 11.3. The van der Waals surface area contributed by atoms with Crippen molar-refractivity contribution in [2.24, 2.45) is 0 Å². The van der Waals surface area contributed by atoms with Gasteiger partial charge < -0.3 is 5.32 Å². The minimum Gasteiger partial charge on any atom is -0.352 e. The fourth-order valence-electron chi connectivity index (χ4n) is 1.90. The number of nitrogens with one attached hydrogen (secondary N) is 2. The lowest BCUT2D eigenvalue weighted by atomic mass is 10.1. The smallest absolute Gasteiger partial charge is 0.252 e. The summed E-state index contributed by atoms with van der Waals surface area (Å²) >= 11 is 5.73. The number of nitrogens with zero attached hydrogens (tertiary/aromatic N) is 1. The van der Waals surface area contributed by atoms with E-state index < -0.39 is 17.5 Å². The third kappa shape index (κ3) is 3.78. The average molecular weight is 314 g/mol. The molecule has 0 fully saturated rings. The first-order valence-electron chi connectivity index (χ1n) is 6.40. The van der Waals surface area contributed by atoms with Gasteiger partial charge in [-0.2, -0.15) is 5.10 Å². The molecule has 4 nitrogen and oxygen atoms in total. The van der Waals surface area contributed by atoms with E-state index in [-0.39, 0.29) is 10.6 Å². The summed E-state index contributed by atoms with van der Waals surface area (Å²) in [5, 5.41) is 9.25. The van der Waals surface area contributed by atoms with Crippen LogP contribution in [-0.4, -0.2) is 22.6 Å². The molecule has 0 bridgehead atoms. The lowest BCUT2D eigenvalue weighted by Gasteiger charge is -2.07. The van der Waals surface area contributed by atoms with Gasteiger partial charge in [0.25, 0.3) is 5.91 Å². The highest BCUT2D eigenvalue weighted by atomic mass is 35.5. The van der Waals surface area contributed by atoms with Crippen LogP contribution in [0.2, 0.25) is 5.02 Å². The number of rotatable bonds is 5. The molecule has 0 spiro atoms. The molecule has 21 heavy (non-hydrogen) atoms. The fraction of sp³-hybridized carbons (Fsp3) is 0.286. The minimum atomic E-state index is -1.10. The van der Waals surface area contributed by atoms with Crippen LogP contribution in [0.5, 0.6) is 0 Å². The van der Waals surface area contributed by atoms with E-state index in [4.69, 9.17) is 11.6 Å². The van der Waals surface area contributed by atoms with Gasteiger partial charge in [-0.1, -0.05) is 11.6 Å². The zero-order valence-corrected chi connectivity index (χ0v) is 12.1. The number of aromatic amines is 1. The van der Waals surface area contributed by atoms with Gasteiger partial charge in [0, 0.05) is 12.2 Å². The molecule has 112 valence electrons. The summed E-state index contributed by atoms with van der Waals surface area (Å²) in [6.07, 6.45) is 3.20. The predicted octanol–water partition coefficient (Wildman–Crippen LogP) is 3.01. The van der Waals surface area contributed by atoms with Gasteiger partial charge in [0.05, 0.1) is 16.8 Å². The molecule has 0 aliphatic rings. The first kappa shape index (κ1) is 15.4. The Morgan fingerprint density at radius 1 is 1.38 bits per heavy atom. The number of carbonyl (C=O) groups excluding carboxylic acids is 1. The Kier molecular flexibility index (Phi) is 4.90. The van der Waals surface area contributed by atoms with E-state index in [0.29, 0.717) is 13.0 Å². The van der Waals surface area contributed by atoms with Crippen LogP contribution < -0.4 is 5.32 Å². The highest BCUT2D eigenvalue weighted by Crippen LogP contribution is 2.19. The summed E-state index contributed by atoms with van der Waals surface area (Å²) in [6, 6.07) is 1.59. The topological polar surface area (TPSA) is 57.8 Å². The molecule has 0 aliphatic carbocycles. The summed E-state index contributed by atoms with van der Waals surface area (Å²) in [4.78, 5) is 11.9. The molecule has 0 atom stereocenters. The summed E-state index contributed by atoms with van der Waals surface area (Å²) < 4.78 is 26.0. The van der Waals surface area contributed by atoms with Crippen LogP contribution in [0.1, 0.15) is 28.0 Å². The molecule has 1 heterocycles. The summed E-state index contributed by atoms with van der Waals surface area (Å²) in [6.45, 7) is 2.32. The average Bonchev–Trinajstić information content (AvgIpc) is 2.84. The Morgan fingerprint density at radius 3 is 2.76 bits per heavy atom. The molecule has 0 radical (unpaired) electrons. The molecule has 1 aromatic heterocycles. The molecule has 2 N–H and O–H groups in total. The van der Waals surface area contributed by atoms with E-state index in [0.717, 1.165) is 29.8 Å². The van der Waals surface area contributed by atoms with Crippen molar-refractivity contribution in [2.45, 2.75) is 19.8 Å². The molecule has 7 heteroatoms. The molecule has 0 saturated carbocycles. The maximum atomic E-state index is 13.1. The van der Waals surface area contributed by atoms with Crippen molar-refractivity contribution in [3.63, 3.8) is 0 Å². The standard InChI is InChI=1S/C14H14ClF2N3O/c1-8-9(7-19-20-8)3-2-4-18-14(21)10-5-12(16)13(17)6-11(10)15/h5-7H,2-4H2,1H3,(H,18,21)(H,19,20). The number of H-pyrrole nitrogens is 1. The van der Waals surface area contributed by atoms with Gasteiger partial charge in [0.15, 0.2) is 11.6 Å². The van der Waals surface area contributed by atoms with E-state index in [1.54, 1.807) is 6.20 Å². The van der Waals surface area contributed by atoms with Crippen LogP contribution in [0.25, 0.3) is 0 Å². The normalized spacial score (nSPS) is 10.7. The second-order valence-electron chi connectivity index (χ2n) is 4.63. The Morgan fingerprint density at radius 2 is 2.10 bits per heavy atom. The largest absolute Gasteiger partial charge is 0.352 e. The quantitative estimate of drug-likeness (QED) is 0.658. The molecule has 2 aromatic rings. The van der Waals surface area contributed by atoms with Crippen LogP contribution in [0.15, 0.2) is 18.3 Å². The molecule has 1 amide bonds. The number of carbonyl (C=O) groups is 1. The Balaban J connectivity index is 1.88. The Bertz CT molecular complexity index is 658. The number of hydrogen-bond acceptors (Lipinski definition) is 2. The first-order chi connectivity index (χ1) is 9.99. The van der Waals surface area contributed by atoms with Gasteiger partial charge in [-0.3, -0.25) is 9.89 Å². The van der Waals surface area contributed by atoms with E-state index in [1.165, 1.54) is 0 Å². The summed E-state index contributed by atoms with van der Waals surface area (Å²) in [5.41, 5.74) is 2.00. The van der Waals surface area contributed by atoms with Gasteiger partial charge in [0.1, 0.15) is 0 Å². The number of benzene rings is 1. The van der Waals surface area contributed by atoms with Crippen molar-refractivity contribution in [1.29, 1.82) is 0 Å². The van der Waals surface area contributed by atoms with Crippen LogP contribution in [0.3, 0.4) is 0 Å². The van der Waals surface area contributed by atoms with Crippen molar-refractivity contribution in [3.05, 3.63) is 51.8 Å². The fourth-order valence-corrected chi connectivity index (χ4v) is 2.14. The lowest BCUT2D eigenvalue weighted by molar-refractivity contribution is 0.0953.